The van der Waals surface area contributed by atoms with Gasteiger partial charge in [0.1, 0.15) is 6.04 Å². The molecule has 1 amide bonds. The normalized spacial score (nSPS) is 25.2. The predicted octanol–water partition coefficient (Wildman–Crippen LogP) is 3.20. The first-order valence-electron chi connectivity index (χ1n) is 8.21. The summed E-state index contributed by atoms with van der Waals surface area (Å²) in [7, 11) is 0. The molecule has 0 unspecified atom stereocenters. The van der Waals surface area contributed by atoms with Gasteiger partial charge in [0, 0.05) is 34.6 Å². The van der Waals surface area contributed by atoms with E-state index in [2.05, 4.69) is 19.1 Å². The minimum absolute atomic E-state index is 0.00652. The molecule has 2 aromatic rings. The molecule has 4 nitrogen and oxygen atoms in total. The topological polar surface area (TPSA) is 57.6 Å². The number of fused-ring (bicyclic) bond motifs is 1. The van der Waals surface area contributed by atoms with Crippen LogP contribution in [0.5, 0.6) is 0 Å². The molecule has 1 fully saturated rings. The Morgan fingerprint density at radius 3 is 2.58 bits per heavy atom. The van der Waals surface area contributed by atoms with Crippen LogP contribution < -0.4 is 0 Å². The largest absolute Gasteiger partial charge is 0.480 e. The zero-order valence-corrected chi connectivity index (χ0v) is 14.3. The van der Waals surface area contributed by atoms with Gasteiger partial charge >= 0.3 is 5.97 Å². The van der Waals surface area contributed by atoms with Gasteiger partial charge in [-0.2, -0.15) is 0 Å². The summed E-state index contributed by atoms with van der Waals surface area (Å²) in [6.45, 7) is 2.47. The van der Waals surface area contributed by atoms with Crippen molar-refractivity contribution in [3.8, 4) is 0 Å². The summed E-state index contributed by atoms with van der Waals surface area (Å²) in [6, 6.07) is 11.2. The third-order valence-corrected chi connectivity index (χ3v) is 6.18. The van der Waals surface area contributed by atoms with Crippen molar-refractivity contribution in [2.45, 2.75) is 38.3 Å². The maximum atomic E-state index is 12.9. The molecule has 1 aliphatic carbocycles. The van der Waals surface area contributed by atoms with Gasteiger partial charge in [-0.25, -0.2) is 4.79 Å². The number of thiophene rings is 1. The third-order valence-electron chi connectivity index (χ3n) is 5.05. The van der Waals surface area contributed by atoms with E-state index in [1.165, 1.54) is 9.75 Å². The molecule has 0 spiro atoms. The monoisotopic (exact) mass is 341 g/mol. The van der Waals surface area contributed by atoms with E-state index in [1.807, 2.05) is 24.3 Å². The van der Waals surface area contributed by atoms with Crippen molar-refractivity contribution in [3.63, 3.8) is 0 Å². The number of carboxylic acids is 1. The van der Waals surface area contributed by atoms with Gasteiger partial charge in [-0.15, -0.1) is 11.3 Å². The fourth-order valence-corrected chi connectivity index (χ4v) is 4.68. The van der Waals surface area contributed by atoms with E-state index in [1.54, 1.807) is 16.2 Å². The molecule has 3 atom stereocenters. The average molecular weight is 341 g/mol. The number of rotatable bonds is 3. The lowest BCUT2D eigenvalue weighted by molar-refractivity contribution is -0.152. The molecule has 24 heavy (non-hydrogen) atoms. The van der Waals surface area contributed by atoms with Crippen LogP contribution in [-0.2, 0) is 22.6 Å². The van der Waals surface area contributed by atoms with Gasteiger partial charge in [0.05, 0.1) is 0 Å². The minimum atomic E-state index is -0.915. The summed E-state index contributed by atoms with van der Waals surface area (Å²) < 4.78 is 0. The van der Waals surface area contributed by atoms with Crippen LogP contribution in [0, 0.1) is 12.8 Å². The first kappa shape index (κ1) is 15.4. The maximum absolute atomic E-state index is 12.9. The molecule has 1 aromatic heterocycles. The van der Waals surface area contributed by atoms with E-state index in [4.69, 9.17) is 0 Å². The maximum Gasteiger partial charge on any atom is 0.326 e. The second kappa shape index (κ2) is 5.74. The molecule has 4 rings (SSSR count). The summed E-state index contributed by atoms with van der Waals surface area (Å²) >= 11 is 1.73. The lowest BCUT2D eigenvalue weighted by Gasteiger charge is -2.34. The molecule has 5 heteroatoms. The van der Waals surface area contributed by atoms with Crippen LogP contribution in [-0.4, -0.2) is 27.9 Å². The van der Waals surface area contributed by atoms with E-state index < -0.39 is 12.0 Å². The Balaban J connectivity index is 1.56. The molecule has 2 aliphatic rings. The van der Waals surface area contributed by atoms with Gasteiger partial charge < -0.3 is 10.0 Å². The number of aliphatic carboxylic acids is 1. The second-order valence-electron chi connectivity index (χ2n) is 6.69. The highest BCUT2D eigenvalue weighted by Crippen LogP contribution is 2.51. The predicted molar refractivity (Wildman–Crippen MR) is 92.0 cm³/mol. The van der Waals surface area contributed by atoms with Crippen molar-refractivity contribution in [2.75, 3.05) is 0 Å². The number of hydrogen-bond acceptors (Lipinski definition) is 3. The average Bonchev–Trinajstić information content (AvgIpc) is 3.27. The fourth-order valence-electron chi connectivity index (χ4n) is 3.62. The van der Waals surface area contributed by atoms with Crippen LogP contribution in [0.1, 0.15) is 33.2 Å². The molecule has 1 aliphatic heterocycles. The van der Waals surface area contributed by atoms with Gasteiger partial charge in [0.2, 0.25) is 5.91 Å². The van der Waals surface area contributed by atoms with Crippen molar-refractivity contribution in [1.82, 2.24) is 4.90 Å². The van der Waals surface area contributed by atoms with Gasteiger partial charge in [0.15, 0.2) is 0 Å². The Labute approximate surface area is 144 Å². The van der Waals surface area contributed by atoms with E-state index in [9.17, 15) is 14.7 Å². The van der Waals surface area contributed by atoms with E-state index in [0.717, 1.165) is 17.5 Å². The highest BCUT2D eigenvalue weighted by Gasteiger charge is 2.49. The second-order valence-corrected chi connectivity index (χ2v) is 8.01. The zero-order chi connectivity index (χ0) is 16.8. The lowest BCUT2D eigenvalue weighted by atomic mass is 9.93. The Bertz CT molecular complexity index is 812. The number of carboxylic acid groups (broad SMARTS) is 1. The van der Waals surface area contributed by atoms with E-state index in [-0.39, 0.29) is 17.7 Å². The Kier molecular flexibility index (Phi) is 3.68. The van der Waals surface area contributed by atoms with Crippen LogP contribution >= 0.6 is 11.3 Å². The SMILES string of the molecule is Cc1ccc([C@@H]2C[C@@H]2C(=O)N2Cc3ccccc3C[C@H]2C(=O)O)s1. The van der Waals surface area contributed by atoms with Gasteiger partial charge in [-0.1, -0.05) is 24.3 Å². The van der Waals surface area contributed by atoms with Crippen LogP contribution in [0.15, 0.2) is 36.4 Å². The van der Waals surface area contributed by atoms with Crippen molar-refractivity contribution >= 4 is 23.2 Å². The number of amides is 1. The van der Waals surface area contributed by atoms with Crippen LogP contribution in [0.3, 0.4) is 0 Å². The molecule has 0 bridgehead atoms. The first-order valence-corrected chi connectivity index (χ1v) is 9.02. The number of carbonyl (C=O) groups is 2. The summed E-state index contributed by atoms with van der Waals surface area (Å²) in [4.78, 5) is 28.7. The molecule has 0 saturated heterocycles. The quantitative estimate of drug-likeness (QED) is 0.933. The molecule has 124 valence electrons. The molecule has 2 heterocycles. The molecular formula is C19H19NO3S. The van der Waals surface area contributed by atoms with Crippen LogP contribution in [0.2, 0.25) is 0 Å². The Morgan fingerprint density at radius 1 is 1.17 bits per heavy atom. The molecular weight excluding hydrogens is 322 g/mol. The molecule has 0 radical (unpaired) electrons. The summed E-state index contributed by atoms with van der Waals surface area (Å²) in [6.07, 6.45) is 1.23. The van der Waals surface area contributed by atoms with Gasteiger partial charge in [0.25, 0.3) is 0 Å². The van der Waals surface area contributed by atoms with Gasteiger partial charge in [-0.05, 0) is 36.6 Å². The van der Waals surface area contributed by atoms with Crippen LogP contribution in [0.4, 0.5) is 0 Å². The fraction of sp³-hybridized carbons (Fsp3) is 0.368. The zero-order valence-electron chi connectivity index (χ0n) is 13.4. The number of aryl methyl sites for hydroxylation is 1. The van der Waals surface area contributed by atoms with Crippen LogP contribution in [0.25, 0.3) is 0 Å². The number of carbonyl (C=O) groups excluding carboxylic acids is 1. The summed E-state index contributed by atoms with van der Waals surface area (Å²) in [5.41, 5.74) is 2.10. The molecule has 1 aromatic carbocycles. The van der Waals surface area contributed by atoms with E-state index >= 15 is 0 Å². The summed E-state index contributed by atoms with van der Waals surface area (Å²) in [5.74, 6) is -0.715. The number of benzene rings is 1. The summed E-state index contributed by atoms with van der Waals surface area (Å²) in [5, 5.41) is 9.58. The highest BCUT2D eigenvalue weighted by atomic mass is 32.1. The molecule has 1 saturated carbocycles. The van der Waals surface area contributed by atoms with Crippen molar-refractivity contribution in [1.29, 1.82) is 0 Å². The minimum Gasteiger partial charge on any atom is -0.480 e. The third kappa shape index (κ3) is 2.63. The van der Waals surface area contributed by atoms with Crippen molar-refractivity contribution < 1.29 is 14.7 Å². The van der Waals surface area contributed by atoms with E-state index in [0.29, 0.717) is 13.0 Å². The Hall–Kier alpha value is -2.14. The lowest BCUT2D eigenvalue weighted by Crippen LogP contribution is -2.49. The Morgan fingerprint density at radius 2 is 1.92 bits per heavy atom. The van der Waals surface area contributed by atoms with Crippen molar-refractivity contribution in [2.24, 2.45) is 5.92 Å². The smallest absolute Gasteiger partial charge is 0.326 e. The molecule has 1 N–H and O–H groups in total. The van der Waals surface area contributed by atoms with Crippen molar-refractivity contribution in [3.05, 3.63) is 57.3 Å². The van der Waals surface area contributed by atoms with Gasteiger partial charge in [-0.3, -0.25) is 4.79 Å². The first-order chi connectivity index (χ1) is 11.5. The number of nitrogens with zero attached hydrogens (tertiary/aromatic N) is 1. The highest BCUT2D eigenvalue weighted by molar-refractivity contribution is 7.12. The standard InChI is InChI=1S/C19H19NO3S/c1-11-6-7-17(24-11)14-9-15(14)18(21)20-10-13-5-3-2-4-12(13)8-16(20)19(22)23/h2-7,14-16H,8-10H2,1H3,(H,22,23)/t14-,15+,16+/m1/s1. The number of hydrogen-bond donors (Lipinski definition) is 1.